The van der Waals surface area contributed by atoms with Gasteiger partial charge in [0.25, 0.3) is 0 Å². The Kier molecular flexibility index (Phi) is 3.61. The molecule has 0 aliphatic carbocycles. The van der Waals surface area contributed by atoms with E-state index in [1.165, 1.54) is 25.8 Å². The fourth-order valence-corrected chi connectivity index (χ4v) is 3.08. The van der Waals surface area contributed by atoms with Crippen LogP contribution < -0.4 is 10.6 Å². The van der Waals surface area contributed by atoms with E-state index in [9.17, 15) is 0 Å². The number of thiocarbonyl (C=S) groups is 1. The van der Waals surface area contributed by atoms with E-state index in [2.05, 4.69) is 19.8 Å². The number of aromatic nitrogens is 2. The minimum atomic E-state index is 0.302. The average Bonchev–Trinajstić information content (AvgIpc) is 2.47. The molecule has 5 nitrogen and oxygen atoms in total. The molecule has 0 radical (unpaired) electrons. The van der Waals surface area contributed by atoms with Crippen LogP contribution in [0.2, 0.25) is 0 Å². The molecule has 1 aromatic rings. The van der Waals surface area contributed by atoms with Crippen molar-refractivity contribution >= 4 is 23.0 Å². The maximum absolute atomic E-state index is 5.54. The minimum absolute atomic E-state index is 0.302. The van der Waals surface area contributed by atoms with E-state index in [-0.39, 0.29) is 0 Å². The van der Waals surface area contributed by atoms with Crippen molar-refractivity contribution in [2.24, 2.45) is 5.73 Å². The van der Waals surface area contributed by atoms with Crippen molar-refractivity contribution in [2.75, 3.05) is 31.1 Å². The number of fused-ring (bicyclic) bond motifs is 1. The molecule has 2 saturated heterocycles. The van der Waals surface area contributed by atoms with Gasteiger partial charge in [0.1, 0.15) is 16.5 Å². The van der Waals surface area contributed by atoms with Crippen LogP contribution in [0.25, 0.3) is 0 Å². The van der Waals surface area contributed by atoms with Crippen LogP contribution in [0.3, 0.4) is 0 Å². The molecule has 0 aromatic carbocycles. The second kappa shape index (κ2) is 5.38. The van der Waals surface area contributed by atoms with Crippen LogP contribution in [-0.4, -0.2) is 52.1 Å². The lowest BCUT2D eigenvalue weighted by atomic mass is 9.99. The van der Waals surface area contributed by atoms with Gasteiger partial charge in [0.15, 0.2) is 0 Å². The van der Waals surface area contributed by atoms with E-state index in [4.69, 9.17) is 18.0 Å². The van der Waals surface area contributed by atoms with Crippen molar-refractivity contribution in [3.63, 3.8) is 0 Å². The quantitative estimate of drug-likeness (QED) is 0.807. The van der Waals surface area contributed by atoms with Crippen molar-refractivity contribution in [2.45, 2.75) is 25.3 Å². The Morgan fingerprint density at radius 2 is 2.11 bits per heavy atom. The predicted octanol–water partition coefficient (Wildman–Crippen LogP) is 0.785. The van der Waals surface area contributed by atoms with Gasteiger partial charge < -0.3 is 10.6 Å². The first kappa shape index (κ1) is 12.7. The number of rotatable bonds is 2. The molecule has 0 bridgehead atoms. The van der Waals surface area contributed by atoms with Crippen molar-refractivity contribution < 1.29 is 0 Å². The first-order valence-corrected chi connectivity index (χ1v) is 7.26. The Morgan fingerprint density at radius 3 is 2.84 bits per heavy atom. The highest BCUT2D eigenvalue weighted by molar-refractivity contribution is 7.80. The SMILES string of the molecule is NC(=S)c1cnc(N2CCN3CCCCC3C2)cn1. The zero-order valence-electron chi connectivity index (χ0n) is 11.0. The number of piperidine rings is 1. The first-order valence-electron chi connectivity index (χ1n) is 6.85. The van der Waals surface area contributed by atoms with Gasteiger partial charge in [-0.25, -0.2) is 9.97 Å². The zero-order chi connectivity index (χ0) is 13.2. The Labute approximate surface area is 118 Å². The molecule has 1 unspecified atom stereocenters. The molecular weight excluding hydrogens is 258 g/mol. The third-order valence-electron chi connectivity index (χ3n) is 4.05. The molecule has 3 rings (SSSR count). The summed E-state index contributed by atoms with van der Waals surface area (Å²) in [6.07, 6.45) is 7.45. The number of anilines is 1. The standard InChI is InChI=1S/C13H19N5S/c14-13(19)11-7-16-12(8-15-11)18-6-5-17-4-2-1-3-10(17)9-18/h7-8,10H,1-6,9H2,(H2,14,19). The van der Waals surface area contributed by atoms with Gasteiger partial charge in [-0.2, -0.15) is 0 Å². The van der Waals surface area contributed by atoms with Crippen LogP contribution in [-0.2, 0) is 0 Å². The highest BCUT2D eigenvalue weighted by Crippen LogP contribution is 2.23. The molecule has 19 heavy (non-hydrogen) atoms. The molecule has 1 atom stereocenters. The van der Waals surface area contributed by atoms with Crippen molar-refractivity contribution in [3.05, 3.63) is 18.1 Å². The highest BCUT2D eigenvalue weighted by Gasteiger charge is 2.29. The largest absolute Gasteiger partial charge is 0.388 e. The molecule has 2 aliphatic rings. The molecule has 2 fully saturated rings. The van der Waals surface area contributed by atoms with E-state index in [1.54, 1.807) is 12.4 Å². The van der Waals surface area contributed by atoms with E-state index < -0.39 is 0 Å². The normalized spacial score (nSPS) is 24.0. The second-order valence-corrected chi connectivity index (χ2v) is 5.70. The Bertz CT molecular complexity index is 461. The molecule has 1 aromatic heterocycles. The topological polar surface area (TPSA) is 58.3 Å². The first-order chi connectivity index (χ1) is 9.24. The molecular formula is C13H19N5S. The van der Waals surface area contributed by atoms with Crippen LogP contribution in [0, 0.1) is 0 Å². The Hall–Kier alpha value is -1.27. The smallest absolute Gasteiger partial charge is 0.147 e. The van der Waals surface area contributed by atoms with Gasteiger partial charge in [-0.3, -0.25) is 4.90 Å². The van der Waals surface area contributed by atoms with E-state index in [0.717, 1.165) is 25.5 Å². The summed E-state index contributed by atoms with van der Waals surface area (Å²) in [7, 11) is 0. The third kappa shape index (κ3) is 2.69. The molecule has 102 valence electrons. The van der Waals surface area contributed by atoms with Gasteiger partial charge in [0.05, 0.1) is 12.4 Å². The highest BCUT2D eigenvalue weighted by atomic mass is 32.1. The summed E-state index contributed by atoms with van der Waals surface area (Å²) >= 11 is 4.89. The number of nitrogens with zero attached hydrogens (tertiary/aromatic N) is 4. The number of nitrogens with two attached hydrogens (primary N) is 1. The molecule has 6 heteroatoms. The van der Waals surface area contributed by atoms with Gasteiger partial charge in [-0.1, -0.05) is 18.6 Å². The van der Waals surface area contributed by atoms with E-state index in [1.807, 2.05) is 0 Å². The van der Waals surface area contributed by atoms with Gasteiger partial charge >= 0.3 is 0 Å². The molecule has 3 heterocycles. The lowest BCUT2D eigenvalue weighted by Crippen LogP contribution is -2.55. The Balaban J connectivity index is 1.70. The molecule has 2 N–H and O–H groups in total. The number of piperazine rings is 1. The summed E-state index contributed by atoms with van der Waals surface area (Å²) in [5.74, 6) is 0.935. The number of hydrogen-bond donors (Lipinski definition) is 1. The summed E-state index contributed by atoms with van der Waals surface area (Å²) in [6, 6.07) is 0.680. The predicted molar refractivity (Wildman–Crippen MR) is 79.3 cm³/mol. The number of hydrogen-bond acceptors (Lipinski definition) is 5. The van der Waals surface area contributed by atoms with Gasteiger partial charge in [0, 0.05) is 25.7 Å². The maximum Gasteiger partial charge on any atom is 0.147 e. The minimum Gasteiger partial charge on any atom is -0.388 e. The maximum atomic E-state index is 5.54. The lowest BCUT2D eigenvalue weighted by molar-refractivity contribution is 0.133. The van der Waals surface area contributed by atoms with Crippen LogP contribution >= 0.6 is 12.2 Å². The van der Waals surface area contributed by atoms with Crippen LogP contribution in [0.1, 0.15) is 25.0 Å². The van der Waals surface area contributed by atoms with Gasteiger partial charge in [0.2, 0.25) is 0 Å². The van der Waals surface area contributed by atoms with Crippen LogP contribution in [0.15, 0.2) is 12.4 Å². The van der Waals surface area contributed by atoms with E-state index >= 15 is 0 Å². The van der Waals surface area contributed by atoms with Crippen molar-refractivity contribution in [1.82, 2.24) is 14.9 Å². The fourth-order valence-electron chi connectivity index (χ4n) is 2.98. The summed E-state index contributed by atoms with van der Waals surface area (Å²) in [5.41, 5.74) is 6.13. The third-order valence-corrected chi connectivity index (χ3v) is 4.26. The average molecular weight is 277 g/mol. The summed E-state index contributed by atoms with van der Waals surface area (Å²) in [6.45, 7) is 4.46. The lowest BCUT2D eigenvalue weighted by Gasteiger charge is -2.44. The van der Waals surface area contributed by atoms with Gasteiger partial charge in [-0.15, -0.1) is 0 Å². The zero-order valence-corrected chi connectivity index (χ0v) is 11.8. The molecule has 2 aliphatic heterocycles. The van der Waals surface area contributed by atoms with Gasteiger partial charge in [-0.05, 0) is 19.4 Å². The van der Waals surface area contributed by atoms with Crippen LogP contribution in [0.4, 0.5) is 5.82 Å². The second-order valence-electron chi connectivity index (χ2n) is 5.26. The van der Waals surface area contributed by atoms with Crippen molar-refractivity contribution in [1.29, 1.82) is 0 Å². The fraction of sp³-hybridized carbons (Fsp3) is 0.615. The van der Waals surface area contributed by atoms with E-state index in [0.29, 0.717) is 16.7 Å². The molecule has 0 saturated carbocycles. The monoisotopic (exact) mass is 277 g/mol. The summed E-state index contributed by atoms with van der Waals surface area (Å²) in [5, 5.41) is 0. The molecule has 0 spiro atoms. The van der Waals surface area contributed by atoms with Crippen LogP contribution in [0.5, 0.6) is 0 Å². The van der Waals surface area contributed by atoms with Crippen molar-refractivity contribution in [3.8, 4) is 0 Å². The molecule has 0 amide bonds. The summed E-state index contributed by atoms with van der Waals surface area (Å²) < 4.78 is 0. The summed E-state index contributed by atoms with van der Waals surface area (Å²) in [4.78, 5) is 13.9. The Morgan fingerprint density at radius 1 is 1.21 bits per heavy atom.